The van der Waals surface area contributed by atoms with Crippen molar-refractivity contribution in [1.82, 2.24) is 0 Å². The van der Waals surface area contributed by atoms with Gasteiger partial charge in [-0.3, -0.25) is 0 Å². The monoisotopic (exact) mass is 426 g/mol. The summed E-state index contributed by atoms with van der Waals surface area (Å²) < 4.78 is 12.6. The number of thioether (sulfide) groups is 2. The minimum atomic E-state index is -1.71. The molecule has 0 N–H and O–H groups in total. The Morgan fingerprint density at radius 3 is 2.09 bits per heavy atom. The number of carbonyl (C=O) groups excluding carboxylic acids is 1. The third-order valence-electron chi connectivity index (χ3n) is 3.55. The summed E-state index contributed by atoms with van der Waals surface area (Å²) in [7, 11) is -1.71. The standard InChI is InChI=1S/C15H27BrO3S2Si/c1-15(2,3)22(6,7)19-11-9-8-10-18-13(17)12(16)14(20-4)21-5/h8-9H,10-11H2,1-7H3/b9-8-. The zero-order valence-electron chi connectivity index (χ0n) is 14.5. The maximum Gasteiger partial charge on any atom is 0.347 e. The normalized spacial score (nSPS) is 12.5. The van der Waals surface area contributed by atoms with Crippen LogP contribution in [0.2, 0.25) is 18.1 Å². The molecule has 0 rings (SSSR count). The van der Waals surface area contributed by atoms with Crippen molar-refractivity contribution in [2.24, 2.45) is 0 Å². The summed E-state index contributed by atoms with van der Waals surface area (Å²) in [6.07, 6.45) is 7.59. The second-order valence-corrected chi connectivity index (χ2v) is 13.6. The largest absolute Gasteiger partial charge is 0.457 e. The molecule has 0 amide bonds. The van der Waals surface area contributed by atoms with Crippen LogP contribution < -0.4 is 0 Å². The van der Waals surface area contributed by atoms with Crippen LogP contribution in [0, 0.1) is 0 Å². The molecule has 0 heterocycles. The topological polar surface area (TPSA) is 35.5 Å². The highest BCUT2D eigenvalue weighted by molar-refractivity contribution is 9.12. The lowest BCUT2D eigenvalue weighted by molar-refractivity contribution is -0.136. The third kappa shape index (κ3) is 7.72. The number of hydrogen-bond donors (Lipinski definition) is 0. The molecule has 3 nitrogen and oxygen atoms in total. The minimum Gasteiger partial charge on any atom is -0.457 e. The van der Waals surface area contributed by atoms with Gasteiger partial charge in [-0.15, -0.1) is 23.5 Å². The van der Waals surface area contributed by atoms with E-state index in [1.54, 1.807) is 0 Å². The van der Waals surface area contributed by atoms with E-state index in [9.17, 15) is 4.79 Å². The van der Waals surface area contributed by atoms with Gasteiger partial charge in [0.2, 0.25) is 0 Å². The number of rotatable bonds is 8. The highest BCUT2D eigenvalue weighted by Crippen LogP contribution is 2.36. The van der Waals surface area contributed by atoms with Crippen LogP contribution in [-0.2, 0) is 14.0 Å². The van der Waals surface area contributed by atoms with Gasteiger partial charge in [0, 0.05) is 0 Å². The summed E-state index contributed by atoms with van der Waals surface area (Å²) in [5.41, 5.74) is 0. The van der Waals surface area contributed by atoms with E-state index in [2.05, 4.69) is 49.8 Å². The molecule has 0 aliphatic rings. The predicted octanol–water partition coefficient (Wildman–Crippen LogP) is 5.40. The summed E-state index contributed by atoms with van der Waals surface area (Å²) in [5, 5.41) is 0.203. The number of halogens is 1. The van der Waals surface area contributed by atoms with E-state index < -0.39 is 8.32 Å². The molecule has 7 heteroatoms. The van der Waals surface area contributed by atoms with Gasteiger partial charge in [0.25, 0.3) is 0 Å². The smallest absolute Gasteiger partial charge is 0.347 e. The first kappa shape index (κ1) is 22.3. The fourth-order valence-electron chi connectivity index (χ4n) is 1.14. The van der Waals surface area contributed by atoms with Crippen molar-refractivity contribution in [3.8, 4) is 0 Å². The molecule has 0 aliphatic carbocycles. The van der Waals surface area contributed by atoms with Gasteiger partial charge in [-0.2, -0.15) is 0 Å². The number of carbonyl (C=O) groups is 1. The van der Waals surface area contributed by atoms with Crippen LogP contribution in [0.25, 0.3) is 0 Å². The van der Waals surface area contributed by atoms with Gasteiger partial charge < -0.3 is 9.16 Å². The zero-order valence-corrected chi connectivity index (χ0v) is 18.7. The quantitative estimate of drug-likeness (QED) is 0.224. The van der Waals surface area contributed by atoms with Crippen molar-refractivity contribution in [1.29, 1.82) is 0 Å². The van der Waals surface area contributed by atoms with Crippen molar-refractivity contribution in [3.63, 3.8) is 0 Å². The Hall–Kier alpha value is 0.307. The van der Waals surface area contributed by atoms with Gasteiger partial charge in [-0.25, -0.2) is 4.79 Å². The van der Waals surface area contributed by atoms with E-state index in [0.717, 1.165) is 4.24 Å². The van der Waals surface area contributed by atoms with Crippen LogP contribution in [0.4, 0.5) is 0 Å². The van der Waals surface area contributed by atoms with Gasteiger partial charge in [-0.1, -0.05) is 26.8 Å². The molecule has 0 fully saturated rings. The first-order valence-corrected chi connectivity index (χ1v) is 13.2. The van der Waals surface area contributed by atoms with Gasteiger partial charge in [0.1, 0.15) is 11.1 Å². The Kier molecular flexibility index (Phi) is 10.4. The van der Waals surface area contributed by atoms with Gasteiger partial charge in [0.15, 0.2) is 8.32 Å². The predicted molar refractivity (Wildman–Crippen MR) is 106 cm³/mol. The summed E-state index contributed by atoms with van der Waals surface area (Å²) >= 11 is 6.32. The van der Waals surface area contributed by atoms with Gasteiger partial charge >= 0.3 is 5.97 Å². The van der Waals surface area contributed by atoms with E-state index in [-0.39, 0.29) is 17.6 Å². The average Bonchev–Trinajstić information content (AvgIpc) is 2.42. The van der Waals surface area contributed by atoms with Crippen molar-refractivity contribution in [2.75, 3.05) is 25.7 Å². The van der Waals surface area contributed by atoms with Crippen molar-refractivity contribution in [3.05, 3.63) is 20.9 Å². The highest BCUT2D eigenvalue weighted by atomic mass is 79.9. The first-order chi connectivity index (χ1) is 10.1. The lowest BCUT2D eigenvalue weighted by Crippen LogP contribution is -2.40. The van der Waals surface area contributed by atoms with Crippen LogP contribution in [-0.4, -0.2) is 40.0 Å². The molecule has 0 radical (unpaired) electrons. The summed E-state index contributed by atoms with van der Waals surface area (Å²) in [5.74, 6) is -0.339. The van der Waals surface area contributed by atoms with Crippen LogP contribution in [0.1, 0.15) is 20.8 Å². The molecule has 22 heavy (non-hydrogen) atoms. The number of ether oxygens (including phenoxy) is 1. The molecule has 0 unspecified atom stereocenters. The molecule has 0 aromatic carbocycles. The lowest BCUT2D eigenvalue weighted by atomic mass is 10.2. The molecule has 0 aromatic rings. The molecule has 0 aliphatic heterocycles. The second kappa shape index (κ2) is 10.2. The Bertz CT molecular complexity index is 423. The summed E-state index contributed by atoms with van der Waals surface area (Å²) in [6, 6.07) is 0. The number of hydrogen-bond acceptors (Lipinski definition) is 5. The fourth-order valence-corrected chi connectivity index (χ4v) is 4.37. The van der Waals surface area contributed by atoms with Crippen LogP contribution in [0.5, 0.6) is 0 Å². The molecular weight excluding hydrogens is 400 g/mol. The van der Waals surface area contributed by atoms with Crippen molar-refractivity contribution in [2.45, 2.75) is 38.9 Å². The minimum absolute atomic E-state index is 0.203. The van der Waals surface area contributed by atoms with E-state index in [0.29, 0.717) is 11.1 Å². The fraction of sp³-hybridized carbons (Fsp3) is 0.667. The van der Waals surface area contributed by atoms with Gasteiger partial charge in [0.05, 0.1) is 10.8 Å². The number of esters is 1. The Morgan fingerprint density at radius 2 is 1.64 bits per heavy atom. The second-order valence-electron chi connectivity index (χ2n) is 6.15. The molecule has 0 aromatic heterocycles. The average molecular weight is 428 g/mol. The summed E-state index contributed by atoms with van der Waals surface area (Å²) in [4.78, 5) is 11.8. The highest BCUT2D eigenvalue weighted by Gasteiger charge is 2.36. The van der Waals surface area contributed by atoms with E-state index in [1.807, 2.05) is 24.7 Å². The van der Waals surface area contributed by atoms with E-state index in [4.69, 9.17) is 9.16 Å². The van der Waals surface area contributed by atoms with E-state index >= 15 is 0 Å². The first-order valence-electron chi connectivity index (χ1n) is 7.00. The lowest BCUT2D eigenvalue weighted by Gasteiger charge is -2.35. The maximum absolute atomic E-state index is 11.8. The SMILES string of the molecule is CSC(SC)=C(Br)C(=O)OC/C=C\CO[Si](C)(C)C(C)(C)C. The van der Waals surface area contributed by atoms with Crippen LogP contribution in [0.15, 0.2) is 20.9 Å². The van der Waals surface area contributed by atoms with E-state index in [1.165, 1.54) is 23.5 Å². The molecule has 0 atom stereocenters. The molecule has 0 saturated carbocycles. The molecule has 0 saturated heterocycles. The Balaban J connectivity index is 4.23. The Labute approximate surface area is 152 Å². The van der Waals surface area contributed by atoms with Crippen molar-refractivity contribution < 1.29 is 14.0 Å². The molecular formula is C15H27BrO3S2Si. The van der Waals surface area contributed by atoms with Crippen molar-refractivity contribution >= 4 is 53.7 Å². The maximum atomic E-state index is 11.8. The molecule has 128 valence electrons. The zero-order chi connectivity index (χ0) is 17.4. The van der Waals surface area contributed by atoms with Crippen LogP contribution >= 0.6 is 39.5 Å². The Morgan fingerprint density at radius 1 is 1.14 bits per heavy atom. The third-order valence-corrected chi connectivity index (χ3v) is 11.4. The molecule has 0 bridgehead atoms. The molecule has 0 spiro atoms. The van der Waals surface area contributed by atoms with Gasteiger partial charge in [-0.05, 0) is 52.6 Å². The summed E-state index contributed by atoms with van der Waals surface area (Å²) in [6.45, 7) is 11.9. The van der Waals surface area contributed by atoms with Crippen LogP contribution in [0.3, 0.4) is 0 Å².